The summed E-state index contributed by atoms with van der Waals surface area (Å²) in [4.78, 5) is 18.3. The summed E-state index contributed by atoms with van der Waals surface area (Å²) in [6.45, 7) is 5.78. The number of hydrogen-bond donors (Lipinski definition) is 1. The maximum Gasteiger partial charge on any atom is 0.223 e. The molecule has 0 aromatic carbocycles. The average Bonchev–Trinajstić information content (AvgIpc) is 3.00. The smallest absolute Gasteiger partial charge is 0.223 e. The highest BCUT2D eigenvalue weighted by Crippen LogP contribution is 2.33. The zero-order valence-electron chi connectivity index (χ0n) is 13.2. The topological polar surface area (TPSA) is 68.5 Å². The number of carbonyl (C=O) groups is 1. The molecule has 0 saturated carbocycles. The van der Waals surface area contributed by atoms with Gasteiger partial charge in [0.05, 0.1) is 12.0 Å². The first kappa shape index (κ1) is 15.4. The predicted octanol–water partition coefficient (Wildman–Crippen LogP) is 1.49. The van der Waals surface area contributed by atoms with E-state index < -0.39 is 0 Å². The molecule has 2 atom stereocenters. The van der Waals surface area contributed by atoms with Crippen LogP contribution < -0.4 is 5.73 Å². The number of piperidine rings is 1. The first-order chi connectivity index (χ1) is 10.6. The Morgan fingerprint density at radius 1 is 1.41 bits per heavy atom. The molecule has 5 heteroatoms. The van der Waals surface area contributed by atoms with Crippen molar-refractivity contribution in [1.82, 2.24) is 9.88 Å². The van der Waals surface area contributed by atoms with Crippen molar-refractivity contribution in [3.8, 4) is 0 Å². The number of ether oxygens (including phenoxy) is 1. The zero-order valence-corrected chi connectivity index (χ0v) is 13.2. The van der Waals surface area contributed by atoms with Crippen LogP contribution in [0, 0.1) is 18.8 Å². The second kappa shape index (κ2) is 6.75. The average molecular weight is 303 g/mol. The highest BCUT2D eigenvalue weighted by molar-refractivity contribution is 5.77. The lowest BCUT2D eigenvalue weighted by atomic mass is 9.84. The summed E-state index contributed by atoms with van der Waals surface area (Å²) in [5.74, 6) is 0.180. The Morgan fingerprint density at radius 3 is 2.86 bits per heavy atom. The van der Waals surface area contributed by atoms with E-state index in [-0.39, 0.29) is 17.9 Å². The van der Waals surface area contributed by atoms with Crippen LogP contribution in [0.2, 0.25) is 0 Å². The Kier molecular flexibility index (Phi) is 4.74. The van der Waals surface area contributed by atoms with Crippen LogP contribution in [-0.4, -0.2) is 41.6 Å². The van der Waals surface area contributed by atoms with Gasteiger partial charge in [0.15, 0.2) is 0 Å². The Hall–Kier alpha value is -1.46. The van der Waals surface area contributed by atoms with Crippen LogP contribution in [0.25, 0.3) is 0 Å². The molecular weight excluding hydrogens is 278 g/mol. The minimum atomic E-state index is -0.198. The van der Waals surface area contributed by atoms with Crippen molar-refractivity contribution in [2.24, 2.45) is 17.6 Å². The van der Waals surface area contributed by atoms with E-state index in [9.17, 15) is 4.79 Å². The lowest BCUT2D eigenvalue weighted by molar-refractivity contribution is -0.124. The lowest BCUT2D eigenvalue weighted by Crippen LogP contribution is -2.42. The Balaban J connectivity index is 1.54. The Labute approximate surface area is 131 Å². The van der Waals surface area contributed by atoms with Gasteiger partial charge in [0, 0.05) is 25.0 Å². The van der Waals surface area contributed by atoms with E-state index in [0.717, 1.165) is 44.6 Å². The van der Waals surface area contributed by atoms with Crippen LogP contribution in [0.3, 0.4) is 0 Å². The number of hydrogen-bond acceptors (Lipinski definition) is 4. The molecule has 1 amide bonds. The van der Waals surface area contributed by atoms with Gasteiger partial charge < -0.3 is 10.5 Å². The van der Waals surface area contributed by atoms with Gasteiger partial charge in [0.1, 0.15) is 0 Å². The summed E-state index contributed by atoms with van der Waals surface area (Å²) in [6.07, 6.45) is 4.82. The van der Waals surface area contributed by atoms with E-state index in [2.05, 4.69) is 22.9 Å². The zero-order chi connectivity index (χ0) is 15.5. The summed E-state index contributed by atoms with van der Waals surface area (Å²) >= 11 is 0. The van der Waals surface area contributed by atoms with Crippen LogP contribution >= 0.6 is 0 Å². The SMILES string of the molecule is Cc1ncccc1CN1CCC([C@H]2OCC[C@@H]2C(N)=O)CC1. The molecule has 0 bridgehead atoms. The molecule has 0 unspecified atom stereocenters. The molecule has 120 valence electrons. The lowest BCUT2D eigenvalue weighted by Gasteiger charge is -2.35. The van der Waals surface area contributed by atoms with Crippen molar-refractivity contribution in [3.05, 3.63) is 29.6 Å². The molecule has 0 spiro atoms. The quantitative estimate of drug-likeness (QED) is 0.915. The second-order valence-corrected chi connectivity index (χ2v) is 6.49. The molecule has 3 rings (SSSR count). The molecule has 3 heterocycles. The number of rotatable bonds is 4. The van der Waals surface area contributed by atoms with Crippen LogP contribution in [-0.2, 0) is 16.1 Å². The van der Waals surface area contributed by atoms with E-state index in [1.165, 1.54) is 5.56 Å². The second-order valence-electron chi connectivity index (χ2n) is 6.49. The standard InChI is InChI=1S/C17H25N3O2/c1-12-14(3-2-7-19-12)11-20-8-4-13(5-9-20)16-15(17(18)21)6-10-22-16/h2-3,7,13,15-16H,4-6,8-11H2,1H3,(H2,18,21)/t15-,16+/m0/s1. The van der Waals surface area contributed by atoms with Gasteiger partial charge in [-0.05, 0) is 56.8 Å². The first-order valence-electron chi connectivity index (χ1n) is 8.19. The van der Waals surface area contributed by atoms with Gasteiger partial charge in [-0.2, -0.15) is 0 Å². The maximum absolute atomic E-state index is 11.5. The molecule has 2 aliphatic rings. The molecule has 22 heavy (non-hydrogen) atoms. The fraction of sp³-hybridized carbons (Fsp3) is 0.647. The third kappa shape index (κ3) is 3.31. The number of carbonyl (C=O) groups excluding carboxylic acids is 1. The number of nitrogens with two attached hydrogens (primary N) is 1. The molecule has 2 aliphatic heterocycles. The van der Waals surface area contributed by atoms with Gasteiger partial charge in [-0.25, -0.2) is 0 Å². The number of primary amides is 1. The molecule has 0 radical (unpaired) electrons. The van der Waals surface area contributed by atoms with E-state index in [1.54, 1.807) is 0 Å². The molecule has 2 saturated heterocycles. The van der Waals surface area contributed by atoms with Crippen molar-refractivity contribution < 1.29 is 9.53 Å². The monoisotopic (exact) mass is 303 g/mol. The maximum atomic E-state index is 11.5. The molecular formula is C17H25N3O2. The molecule has 0 aliphatic carbocycles. The summed E-state index contributed by atoms with van der Waals surface area (Å²) in [7, 11) is 0. The van der Waals surface area contributed by atoms with Gasteiger partial charge in [0.25, 0.3) is 0 Å². The number of amides is 1. The Morgan fingerprint density at radius 2 is 2.18 bits per heavy atom. The van der Waals surface area contributed by atoms with E-state index >= 15 is 0 Å². The van der Waals surface area contributed by atoms with Crippen molar-refractivity contribution in [1.29, 1.82) is 0 Å². The fourth-order valence-corrected chi connectivity index (χ4v) is 3.75. The van der Waals surface area contributed by atoms with Crippen molar-refractivity contribution in [2.45, 2.75) is 38.8 Å². The minimum Gasteiger partial charge on any atom is -0.377 e. The van der Waals surface area contributed by atoms with Crippen molar-refractivity contribution in [2.75, 3.05) is 19.7 Å². The van der Waals surface area contributed by atoms with Crippen LogP contribution in [0.1, 0.15) is 30.5 Å². The molecule has 2 N–H and O–H groups in total. The van der Waals surface area contributed by atoms with Crippen LogP contribution in [0.15, 0.2) is 18.3 Å². The van der Waals surface area contributed by atoms with Crippen LogP contribution in [0.4, 0.5) is 0 Å². The Bertz CT molecular complexity index is 526. The molecule has 2 fully saturated rings. The number of pyridine rings is 1. The van der Waals surface area contributed by atoms with Gasteiger partial charge in [-0.15, -0.1) is 0 Å². The molecule has 5 nitrogen and oxygen atoms in total. The van der Waals surface area contributed by atoms with E-state index in [0.29, 0.717) is 12.5 Å². The number of aryl methyl sites for hydroxylation is 1. The summed E-state index contributed by atoms with van der Waals surface area (Å²) in [6, 6.07) is 4.15. The summed E-state index contributed by atoms with van der Waals surface area (Å²) < 4.78 is 5.81. The predicted molar refractivity (Wildman–Crippen MR) is 84.0 cm³/mol. The van der Waals surface area contributed by atoms with Crippen molar-refractivity contribution in [3.63, 3.8) is 0 Å². The highest BCUT2D eigenvalue weighted by Gasteiger charge is 2.39. The largest absolute Gasteiger partial charge is 0.377 e. The normalized spacial score (nSPS) is 27.1. The highest BCUT2D eigenvalue weighted by atomic mass is 16.5. The van der Waals surface area contributed by atoms with E-state index in [1.807, 2.05) is 12.3 Å². The fourth-order valence-electron chi connectivity index (χ4n) is 3.75. The van der Waals surface area contributed by atoms with Gasteiger partial charge >= 0.3 is 0 Å². The molecule has 1 aromatic heterocycles. The minimum absolute atomic E-state index is 0.0415. The van der Waals surface area contributed by atoms with Gasteiger partial charge in [-0.1, -0.05) is 6.07 Å². The van der Waals surface area contributed by atoms with Crippen molar-refractivity contribution >= 4 is 5.91 Å². The number of nitrogens with zero attached hydrogens (tertiary/aromatic N) is 2. The van der Waals surface area contributed by atoms with Crippen LogP contribution in [0.5, 0.6) is 0 Å². The summed E-state index contributed by atoms with van der Waals surface area (Å²) in [5.41, 5.74) is 7.91. The third-order valence-electron chi connectivity index (χ3n) is 5.11. The van der Waals surface area contributed by atoms with E-state index in [4.69, 9.17) is 10.5 Å². The van der Waals surface area contributed by atoms with Gasteiger partial charge in [-0.3, -0.25) is 14.7 Å². The van der Waals surface area contributed by atoms with Gasteiger partial charge in [0.2, 0.25) is 5.91 Å². The first-order valence-corrected chi connectivity index (χ1v) is 8.19. The number of likely N-dealkylation sites (tertiary alicyclic amines) is 1. The third-order valence-corrected chi connectivity index (χ3v) is 5.11. The summed E-state index contributed by atoms with van der Waals surface area (Å²) in [5, 5.41) is 0. The number of aromatic nitrogens is 1. The molecule has 1 aromatic rings.